The molecule has 0 aliphatic heterocycles. The first-order chi connectivity index (χ1) is 7.11. The molecule has 0 radical (unpaired) electrons. The highest BCUT2D eigenvalue weighted by atomic mass is 32.2. The van der Waals surface area contributed by atoms with Gasteiger partial charge in [-0.05, 0) is 24.1 Å². The molecular formula is C9H9NO4S. The molecule has 0 heterocycles. The Hall–Kier alpha value is -1.69. The molecule has 0 fully saturated rings. The molecule has 0 saturated carbocycles. The summed E-state index contributed by atoms with van der Waals surface area (Å²) in [7, 11) is -2.77. The van der Waals surface area contributed by atoms with Gasteiger partial charge in [-0.15, -0.1) is 0 Å². The van der Waals surface area contributed by atoms with Crippen molar-refractivity contribution >= 4 is 16.6 Å². The highest BCUT2D eigenvalue weighted by Crippen LogP contribution is 2.12. The molecule has 0 N–H and O–H groups in total. The van der Waals surface area contributed by atoms with E-state index in [4.69, 9.17) is 0 Å². The van der Waals surface area contributed by atoms with Crippen LogP contribution in [0, 0.1) is 0 Å². The molecule has 1 aromatic carbocycles. The quantitative estimate of drug-likeness (QED) is 0.772. The van der Waals surface area contributed by atoms with E-state index in [2.05, 4.69) is 9.10 Å². The Morgan fingerprint density at radius 3 is 2.40 bits per heavy atom. The van der Waals surface area contributed by atoms with Gasteiger partial charge in [-0.25, -0.2) is 4.79 Å². The van der Waals surface area contributed by atoms with Crippen LogP contribution < -0.4 is 4.74 Å². The third kappa shape index (κ3) is 3.90. The van der Waals surface area contributed by atoms with Crippen molar-refractivity contribution in [2.24, 2.45) is 4.36 Å². The van der Waals surface area contributed by atoms with E-state index in [1.54, 1.807) is 24.3 Å². The molecule has 0 saturated heterocycles. The van der Waals surface area contributed by atoms with Crippen LogP contribution in [-0.2, 0) is 16.9 Å². The van der Waals surface area contributed by atoms with E-state index in [1.165, 1.54) is 0 Å². The number of amides is 1. The standard InChI is InChI=1S/C9H9NO4S/c1-2-7-3-5-8(6-4-7)14-9(11)10-15(12)13/h3-6H,2H2,1H3. The average molecular weight is 227 g/mol. The Balaban J connectivity index is 2.73. The summed E-state index contributed by atoms with van der Waals surface area (Å²) in [4.78, 5) is 10.8. The fourth-order valence-corrected chi connectivity index (χ4v) is 1.13. The molecular weight excluding hydrogens is 218 g/mol. The highest BCUT2D eigenvalue weighted by molar-refractivity contribution is 7.62. The largest absolute Gasteiger partial charge is 0.454 e. The Kier molecular flexibility index (Phi) is 3.99. The first-order valence-electron chi connectivity index (χ1n) is 4.23. The van der Waals surface area contributed by atoms with E-state index in [0.29, 0.717) is 0 Å². The van der Waals surface area contributed by atoms with Crippen LogP contribution in [0.15, 0.2) is 28.6 Å². The summed E-state index contributed by atoms with van der Waals surface area (Å²) < 4.78 is 27.4. The second-order valence-corrected chi connectivity index (χ2v) is 3.29. The van der Waals surface area contributed by atoms with Crippen LogP contribution in [0.3, 0.4) is 0 Å². The van der Waals surface area contributed by atoms with Crippen LogP contribution in [0.2, 0.25) is 0 Å². The summed E-state index contributed by atoms with van der Waals surface area (Å²) in [6.07, 6.45) is -0.268. The number of rotatable bonds is 2. The molecule has 1 aromatic rings. The van der Waals surface area contributed by atoms with Gasteiger partial charge in [0, 0.05) is 0 Å². The minimum atomic E-state index is -2.77. The first-order valence-corrected chi connectivity index (χ1v) is 5.27. The molecule has 0 bridgehead atoms. The minimum absolute atomic E-state index is 0.270. The maximum atomic E-state index is 10.8. The normalized spacial score (nSPS) is 9.40. The Bertz CT molecular complexity index is 467. The smallest absolute Gasteiger partial charge is 0.408 e. The second kappa shape index (κ2) is 5.26. The zero-order chi connectivity index (χ0) is 11.3. The van der Waals surface area contributed by atoms with E-state index in [1.807, 2.05) is 6.92 Å². The van der Waals surface area contributed by atoms with Crippen molar-refractivity contribution in [2.45, 2.75) is 13.3 Å². The van der Waals surface area contributed by atoms with Crippen molar-refractivity contribution in [3.63, 3.8) is 0 Å². The Labute approximate surface area is 88.4 Å². The van der Waals surface area contributed by atoms with Crippen LogP contribution in [0.5, 0.6) is 5.75 Å². The number of hydrogen-bond acceptors (Lipinski definition) is 4. The monoisotopic (exact) mass is 227 g/mol. The van der Waals surface area contributed by atoms with Crippen molar-refractivity contribution in [3.05, 3.63) is 29.8 Å². The SMILES string of the molecule is CCc1ccc(OC(=O)N=S(=O)=O)cc1. The lowest BCUT2D eigenvalue weighted by molar-refractivity contribution is 0.212. The highest BCUT2D eigenvalue weighted by Gasteiger charge is 2.02. The Morgan fingerprint density at radius 2 is 1.93 bits per heavy atom. The van der Waals surface area contributed by atoms with E-state index in [0.717, 1.165) is 12.0 Å². The number of carbonyl (C=O) groups excluding carboxylic acids is 1. The van der Waals surface area contributed by atoms with Gasteiger partial charge in [0.1, 0.15) is 5.75 Å². The molecule has 80 valence electrons. The lowest BCUT2D eigenvalue weighted by atomic mass is 10.2. The Morgan fingerprint density at radius 1 is 1.33 bits per heavy atom. The predicted molar refractivity (Wildman–Crippen MR) is 53.2 cm³/mol. The molecule has 0 unspecified atom stereocenters. The molecule has 1 amide bonds. The number of aryl methyl sites for hydroxylation is 1. The third-order valence-corrected chi connectivity index (χ3v) is 1.98. The molecule has 1 rings (SSSR count). The molecule has 15 heavy (non-hydrogen) atoms. The summed E-state index contributed by atoms with van der Waals surface area (Å²) in [6.45, 7) is 2.00. The van der Waals surface area contributed by atoms with Gasteiger partial charge in [0.05, 0.1) is 0 Å². The predicted octanol–water partition coefficient (Wildman–Crippen LogP) is 1.81. The van der Waals surface area contributed by atoms with Crippen molar-refractivity contribution in [1.29, 1.82) is 0 Å². The lowest BCUT2D eigenvalue weighted by Gasteiger charge is -2.00. The second-order valence-electron chi connectivity index (χ2n) is 2.67. The average Bonchev–Trinajstić information content (AvgIpc) is 2.17. The van der Waals surface area contributed by atoms with Gasteiger partial charge in [0.2, 0.25) is 0 Å². The summed E-state index contributed by atoms with van der Waals surface area (Å²) >= 11 is 0. The summed E-state index contributed by atoms with van der Waals surface area (Å²) in [5, 5.41) is 0. The lowest BCUT2D eigenvalue weighted by Crippen LogP contribution is -2.01. The van der Waals surface area contributed by atoms with Gasteiger partial charge in [0.15, 0.2) is 0 Å². The fraction of sp³-hybridized carbons (Fsp3) is 0.222. The number of carbonyl (C=O) groups is 1. The molecule has 6 heteroatoms. The number of hydrogen-bond donors (Lipinski definition) is 0. The van der Waals surface area contributed by atoms with Crippen LogP contribution in [0.1, 0.15) is 12.5 Å². The van der Waals surface area contributed by atoms with Crippen LogP contribution in [0.25, 0.3) is 0 Å². The van der Waals surface area contributed by atoms with Gasteiger partial charge < -0.3 is 4.74 Å². The summed E-state index contributed by atoms with van der Waals surface area (Å²) in [5.41, 5.74) is 1.10. The molecule has 5 nitrogen and oxygen atoms in total. The van der Waals surface area contributed by atoms with Gasteiger partial charge in [-0.1, -0.05) is 23.4 Å². The fourth-order valence-electron chi connectivity index (χ4n) is 0.974. The third-order valence-electron chi connectivity index (χ3n) is 1.69. The van der Waals surface area contributed by atoms with Gasteiger partial charge >= 0.3 is 16.6 Å². The van der Waals surface area contributed by atoms with E-state index in [9.17, 15) is 13.2 Å². The first kappa shape index (κ1) is 11.4. The van der Waals surface area contributed by atoms with E-state index >= 15 is 0 Å². The maximum Gasteiger partial charge on any atom is 0.454 e. The molecule has 0 atom stereocenters. The van der Waals surface area contributed by atoms with Crippen molar-refractivity contribution < 1.29 is 17.9 Å². The van der Waals surface area contributed by atoms with Gasteiger partial charge in [-0.2, -0.15) is 8.42 Å². The number of benzene rings is 1. The maximum absolute atomic E-state index is 10.8. The zero-order valence-corrected chi connectivity index (χ0v) is 8.82. The molecule has 0 aromatic heterocycles. The van der Waals surface area contributed by atoms with E-state index in [-0.39, 0.29) is 5.75 Å². The summed E-state index contributed by atoms with van der Waals surface area (Å²) in [5.74, 6) is 0.270. The number of nitrogens with zero attached hydrogens (tertiary/aromatic N) is 1. The molecule has 0 aliphatic carbocycles. The van der Waals surface area contributed by atoms with Crippen LogP contribution >= 0.6 is 0 Å². The van der Waals surface area contributed by atoms with E-state index < -0.39 is 16.6 Å². The molecule has 0 spiro atoms. The zero-order valence-electron chi connectivity index (χ0n) is 8.00. The van der Waals surface area contributed by atoms with Crippen LogP contribution in [0.4, 0.5) is 4.79 Å². The molecule has 0 aliphatic rings. The van der Waals surface area contributed by atoms with Crippen molar-refractivity contribution in [1.82, 2.24) is 0 Å². The van der Waals surface area contributed by atoms with Crippen molar-refractivity contribution in [3.8, 4) is 5.75 Å². The van der Waals surface area contributed by atoms with Gasteiger partial charge in [-0.3, -0.25) is 0 Å². The minimum Gasteiger partial charge on any atom is -0.408 e. The number of ether oxygens (including phenoxy) is 1. The summed E-state index contributed by atoms with van der Waals surface area (Å²) in [6, 6.07) is 6.74. The topological polar surface area (TPSA) is 72.8 Å². The van der Waals surface area contributed by atoms with Crippen LogP contribution in [-0.4, -0.2) is 14.5 Å². The van der Waals surface area contributed by atoms with Gasteiger partial charge in [0.25, 0.3) is 0 Å². The van der Waals surface area contributed by atoms with Crippen molar-refractivity contribution in [2.75, 3.05) is 0 Å².